The molecular weight excluding hydrogens is 352 g/mol. The van der Waals surface area contributed by atoms with Crippen LogP contribution in [0.1, 0.15) is 0 Å². The van der Waals surface area contributed by atoms with Crippen molar-refractivity contribution in [3.63, 3.8) is 0 Å². The molecule has 8 heteroatoms. The number of nitrogens with two attached hydrogens (primary N) is 1. The molecule has 0 spiro atoms. The zero-order valence-electron chi connectivity index (χ0n) is 9.10. The molecule has 0 aliphatic rings. The van der Waals surface area contributed by atoms with Crippen molar-refractivity contribution in [2.24, 2.45) is 0 Å². The number of hydrogen-bond donors (Lipinski definition) is 2. The van der Waals surface area contributed by atoms with Gasteiger partial charge < -0.3 is 11.1 Å². The van der Waals surface area contributed by atoms with E-state index in [-0.39, 0.29) is 24.2 Å². The first kappa shape index (κ1) is 12.7. The van der Waals surface area contributed by atoms with Crippen LogP contribution in [-0.4, -0.2) is 20.7 Å². The van der Waals surface area contributed by atoms with Crippen LogP contribution in [0.15, 0.2) is 24.5 Å². The normalized spacial score (nSPS) is 10.3. The third kappa shape index (κ3) is 2.94. The molecule has 1 aromatic heterocycles. The minimum atomic E-state index is -0.376. The van der Waals surface area contributed by atoms with Gasteiger partial charge in [0, 0.05) is 0 Å². The highest BCUT2D eigenvalue weighted by Gasteiger charge is 2.09. The van der Waals surface area contributed by atoms with Crippen molar-refractivity contribution in [2.75, 3.05) is 11.1 Å². The van der Waals surface area contributed by atoms with Crippen LogP contribution in [0, 0.1) is 9.39 Å². The summed E-state index contributed by atoms with van der Waals surface area (Å²) in [5.74, 6) is -0.607. The summed E-state index contributed by atoms with van der Waals surface area (Å²) in [5.41, 5.74) is 5.75. The number of nitrogens with zero attached hydrogens (tertiary/aromatic N) is 3. The number of rotatable bonds is 3. The molecule has 0 unspecified atom stereocenters. The molecule has 1 amide bonds. The lowest BCUT2D eigenvalue weighted by atomic mass is 10.3. The third-order valence-electron chi connectivity index (χ3n) is 2.09. The molecule has 0 bridgehead atoms. The van der Waals surface area contributed by atoms with Crippen molar-refractivity contribution in [1.29, 1.82) is 0 Å². The molecule has 3 N–H and O–H groups in total. The number of aromatic nitrogens is 3. The van der Waals surface area contributed by atoms with E-state index in [4.69, 9.17) is 5.73 Å². The summed E-state index contributed by atoms with van der Waals surface area (Å²) in [6.07, 6.45) is 1.35. The van der Waals surface area contributed by atoms with E-state index in [1.54, 1.807) is 6.07 Å². The molecule has 2 rings (SSSR count). The number of amides is 1. The molecule has 0 saturated heterocycles. The Morgan fingerprint density at radius 1 is 1.56 bits per heavy atom. The molecule has 0 aliphatic carbocycles. The lowest BCUT2D eigenvalue weighted by molar-refractivity contribution is -0.116. The fourth-order valence-electron chi connectivity index (χ4n) is 1.32. The van der Waals surface area contributed by atoms with Crippen LogP contribution in [0.4, 0.5) is 16.0 Å². The largest absolute Gasteiger partial charge is 0.367 e. The molecule has 94 valence electrons. The number of nitrogen functional groups attached to an aromatic ring is 1. The SMILES string of the molecule is Nc1ncn(CC(=O)Nc2cccc(F)c2I)n1. The van der Waals surface area contributed by atoms with Gasteiger partial charge in [0.15, 0.2) is 0 Å². The molecule has 1 heterocycles. The topological polar surface area (TPSA) is 85.8 Å². The Morgan fingerprint density at radius 2 is 2.33 bits per heavy atom. The zero-order chi connectivity index (χ0) is 13.1. The fourth-order valence-corrected chi connectivity index (χ4v) is 1.82. The van der Waals surface area contributed by atoms with E-state index in [0.717, 1.165) is 0 Å². The maximum absolute atomic E-state index is 13.3. The summed E-state index contributed by atoms with van der Waals surface area (Å²) < 4.78 is 14.9. The highest BCUT2D eigenvalue weighted by Crippen LogP contribution is 2.20. The van der Waals surface area contributed by atoms with Crippen molar-refractivity contribution < 1.29 is 9.18 Å². The number of nitrogens with one attached hydrogen (secondary N) is 1. The van der Waals surface area contributed by atoms with Crippen molar-refractivity contribution in [3.05, 3.63) is 33.9 Å². The maximum atomic E-state index is 13.3. The Kier molecular flexibility index (Phi) is 3.75. The molecule has 0 saturated carbocycles. The van der Waals surface area contributed by atoms with Crippen LogP contribution in [0.2, 0.25) is 0 Å². The van der Waals surface area contributed by atoms with Gasteiger partial charge in [0.2, 0.25) is 11.9 Å². The number of benzene rings is 1. The molecule has 0 atom stereocenters. The summed E-state index contributed by atoms with van der Waals surface area (Å²) in [7, 11) is 0. The van der Waals surface area contributed by atoms with Gasteiger partial charge in [-0.25, -0.2) is 14.1 Å². The molecule has 0 radical (unpaired) electrons. The van der Waals surface area contributed by atoms with Gasteiger partial charge in [0.05, 0.1) is 9.26 Å². The minimum Gasteiger partial charge on any atom is -0.367 e. The van der Waals surface area contributed by atoms with Gasteiger partial charge in [-0.1, -0.05) is 6.07 Å². The lowest BCUT2D eigenvalue weighted by Gasteiger charge is -2.07. The van der Waals surface area contributed by atoms with Crippen LogP contribution in [0.5, 0.6) is 0 Å². The number of anilines is 2. The van der Waals surface area contributed by atoms with Gasteiger partial charge in [-0.05, 0) is 34.7 Å². The third-order valence-corrected chi connectivity index (χ3v) is 3.18. The second-order valence-corrected chi connectivity index (χ2v) is 4.53. The summed E-state index contributed by atoms with van der Waals surface area (Å²) in [5, 5.41) is 6.37. The molecular formula is C10H9FIN5O. The predicted octanol–water partition coefficient (Wildman–Crippen LogP) is 1.24. The number of hydrogen-bond acceptors (Lipinski definition) is 4. The number of carbonyl (C=O) groups excluding carboxylic acids is 1. The van der Waals surface area contributed by atoms with Gasteiger partial charge in [-0.2, -0.15) is 0 Å². The van der Waals surface area contributed by atoms with E-state index < -0.39 is 0 Å². The van der Waals surface area contributed by atoms with E-state index in [2.05, 4.69) is 15.4 Å². The van der Waals surface area contributed by atoms with E-state index in [0.29, 0.717) is 9.26 Å². The highest BCUT2D eigenvalue weighted by atomic mass is 127. The first-order valence-corrected chi connectivity index (χ1v) is 6.03. The fraction of sp³-hybridized carbons (Fsp3) is 0.100. The molecule has 1 aromatic carbocycles. The summed E-state index contributed by atoms with van der Waals surface area (Å²) in [4.78, 5) is 15.4. The zero-order valence-corrected chi connectivity index (χ0v) is 11.3. The van der Waals surface area contributed by atoms with E-state index in [9.17, 15) is 9.18 Å². The van der Waals surface area contributed by atoms with Crippen molar-refractivity contribution in [1.82, 2.24) is 14.8 Å². The van der Waals surface area contributed by atoms with Gasteiger partial charge in [0.25, 0.3) is 0 Å². The van der Waals surface area contributed by atoms with Crippen LogP contribution < -0.4 is 11.1 Å². The average molecular weight is 361 g/mol. The van der Waals surface area contributed by atoms with Gasteiger partial charge in [0.1, 0.15) is 18.7 Å². The standard InChI is InChI=1S/C10H9FIN5O/c11-6-2-1-3-7(9(6)12)15-8(18)4-17-5-14-10(13)16-17/h1-3,5H,4H2,(H2,13,16)(H,15,18). The van der Waals surface area contributed by atoms with Crippen LogP contribution >= 0.6 is 22.6 Å². The Bertz CT molecular complexity index is 585. The Labute approximate surface area is 116 Å². The molecule has 2 aromatic rings. The van der Waals surface area contributed by atoms with E-state index in [1.165, 1.54) is 23.1 Å². The first-order chi connectivity index (χ1) is 8.56. The summed E-state index contributed by atoms with van der Waals surface area (Å²) in [6.45, 7) is -0.0310. The van der Waals surface area contributed by atoms with Crippen molar-refractivity contribution >= 4 is 40.1 Å². The van der Waals surface area contributed by atoms with Gasteiger partial charge in [-0.3, -0.25) is 4.79 Å². The Morgan fingerprint density at radius 3 is 3.00 bits per heavy atom. The Hall–Kier alpha value is -1.71. The van der Waals surface area contributed by atoms with Gasteiger partial charge in [-0.15, -0.1) is 5.10 Å². The Balaban J connectivity index is 2.05. The summed E-state index contributed by atoms with van der Waals surface area (Å²) >= 11 is 1.83. The van der Waals surface area contributed by atoms with Crippen LogP contribution in [0.25, 0.3) is 0 Å². The van der Waals surface area contributed by atoms with Gasteiger partial charge >= 0.3 is 0 Å². The second-order valence-electron chi connectivity index (χ2n) is 3.45. The quantitative estimate of drug-likeness (QED) is 0.806. The molecule has 0 fully saturated rings. The number of halogens is 2. The van der Waals surface area contributed by atoms with Crippen LogP contribution in [-0.2, 0) is 11.3 Å². The average Bonchev–Trinajstić information content (AvgIpc) is 2.70. The minimum absolute atomic E-state index is 0.0310. The highest BCUT2D eigenvalue weighted by molar-refractivity contribution is 14.1. The van der Waals surface area contributed by atoms with E-state index in [1.807, 2.05) is 22.6 Å². The van der Waals surface area contributed by atoms with Crippen LogP contribution in [0.3, 0.4) is 0 Å². The smallest absolute Gasteiger partial charge is 0.246 e. The van der Waals surface area contributed by atoms with Crippen molar-refractivity contribution in [3.8, 4) is 0 Å². The summed E-state index contributed by atoms with van der Waals surface area (Å²) in [6, 6.07) is 4.48. The van der Waals surface area contributed by atoms with Crippen molar-refractivity contribution in [2.45, 2.75) is 6.54 Å². The monoisotopic (exact) mass is 361 g/mol. The maximum Gasteiger partial charge on any atom is 0.246 e. The molecule has 6 nitrogen and oxygen atoms in total. The molecule has 0 aliphatic heterocycles. The van der Waals surface area contributed by atoms with E-state index >= 15 is 0 Å². The number of carbonyl (C=O) groups is 1. The lowest BCUT2D eigenvalue weighted by Crippen LogP contribution is -2.19. The first-order valence-electron chi connectivity index (χ1n) is 4.95. The second kappa shape index (κ2) is 5.29. The predicted molar refractivity (Wildman–Crippen MR) is 72.2 cm³/mol. The molecule has 18 heavy (non-hydrogen) atoms.